The molecule has 1 heterocycles. The number of carbonyl (C=O) groups is 1. The molecule has 5 nitrogen and oxygen atoms in total. The highest BCUT2D eigenvalue weighted by atomic mass is 16.5. The van der Waals surface area contributed by atoms with Crippen LogP contribution in [0.25, 0.3) is 0 Å². The van der Waals surface area contributed by atoms with Gasteiger partial charge in [-0.1, -0.05) is 0 Å². The number of nitrogens with one attached hydrogen (secondary N) is 1. The second kappa shape index (κ2) is 5.89. The molecule has 1 saturated carbocycles. The highest BCUT2D eigenvalue weighted by molar-refractivity contribution is 5.79. The minimum absolute atomic E-state index is 0.0373. The van der Waals surface area contributed by atoms with Gasteiger partial charge in [-0.15, -0.1) is 0 Å². The maximum absolute atomic E-state index is 12.1. The molecule has 2 atom stereocenters. The fourth-order valence-corrected chi connectivity index (χ4v) is 3.17. The standard InChI is InChI=1S/C14H23N3O2/c1-11-7-17(8-12(2)19-11)9-13(18)16-14(10-15)5-3-4-6-14/h11-12H,3-9H2,1-2H3,(H,16,18)/t11-,12-/m0/s1. The first kappa shape index (κ1) is 14.3. The molecule has 5 heteroatoms. The van der Waals surface area contributed by atoms with E-state index in [-0.39, 0.29) is 18.1 Å². The summed E-state index contributed by atoms with van der Waals surface area (Å²) in [5.74, 6) is -0.0373. The Morgan fingerprint density at radius 1 is 1.37 bits per heavy atom. The number of hydrogen-bond acceptors (Lipinski definition) is 4. The summed E-state index contributed by atoms with van der Waals surface area (Å²) in [7, 11) is 0. The van der Waals surface area contributed by atoms with Gasteiger partial charge in [0.25, 0.3) is 0 Å². The zero-order valence-corrected chi connectivity index (χ0v) is 11.8. The lowest BCUT2D eigenvalue weighted by molar-refractivity contribution is -0.127. The molecule has 2 fully saturated rings. The summed E-state index contributed by atoms with van der Waals surface area (Å²) in [4.78, 5) is 14.2. The number of nitrogens with zero attached hydrogens (tertiary/aromatic N) is 2. The summed E-state index contributed by atoms with van der Waals surface area (Å²) in [6, 6.07) is 2.29. The number of nitriles is 1. The highest BCUT2D eigenvalue weighted by Crippen LogP contribution is 2.28. The third-order valence-electron chi connectivity index (χ3n) is 3.91. The van der Waals surface area contributed by atoms with Gasteiger partial charge in [-0.2, -0.15) is 5.26 Å². The SMILES string of the molecule is C[C@H]1CN(CC(=O)NC2(C#N)CCCC2)C[C@H](C)O1. The van der Waals surface area contributed by atoms with Crippen molar-refractivity contribution >= 4 is 5.91 Å². The quantitative estimate of drug-likeness (QED) is 0.828. The average Bonchev–Trinajstić information content (AvgIpc) is 2.76. The van der Waals surface area contributed by atoms with Crippen molar-refractivity contribution in [1.82, 2.24) is 10.2 Å². The maximum Gasteiger partial charge on any atom is 0.235 e. The van der Waals surface area contributed by atoms with Crippen molar-refractivity contribution in [3.63, 3.8) is 0 Å². The average molecular weight is 265 g/mol. The van der Waals surface area contributed by atoms with E-state index in [0.717, 1.165) is 38.8 Å². The molecule has 1 N–H and O–H groups in total. The van der Waals surface area contributed by atoms with Crippen LogP contribution < -0.4 is 5.32 Å². The Hall–Kier alpha value is -1.12. The molecule has 2 aliphatic rings. The lowest BCUT2D eigenvalue weighted by Gasteiger charge is -2.35. The van der Waals surface area contributed by atoms with Gasteiger partial charge in [-0.25, -0.2) is 0 Å². The molecule has 0 bridgehead atoms. The van der Waals surface area contributed by atoms with Crippen LogP contribution in [-0.2, 0) is 9.53 Å². The van der Waals surface area contributed by atoms with Gasteiger partial charge >= 0.3 is 0 Å². The van der Waals surface area contributed by atoms with Gasteiger partial charge in [-0.3, -0.25) is 9.69 Å². The largest absolute Gasteiger partial charge is 0.373 e. The molecular formula is C14H23N3O2. The summed E-state index contributed by atoms with van der Waals surface area (Å²) in [6.07, 6.45) is 3.94. The fourth-order valence-electron chi connectivity index (χ4n) is 3.17. The second-order valence-corrected chi connectivity index (χ2v) is 5.90. The van der Waals surface area contributed by atoms with Gasteiger partial charge in [-0.05, 0) is 39.5 Å². The Morgan fingerprint density at radius 2 is 1.95 bits per heavy atom. The molecule has 2 rings (SSSR count). The number of morpholine rings is 1. The van der Waals surface area contributed by atoms with E-state index in [0.29, 0.717) is 6.54 Å². The van der Waals surface area contributed by atoms with Crippen LogP contribution in [0.3, 0.4) is 0 Å². The van der Waals surface area contributed by atoms with Crippen molar-refractivity contribution in [1.29, 1.82) is 5.26 Å². The summed E-state index contributed by atoms with van der Waals surface area (Å²) >= 11 is 0. The van der Waals surface area contributed by atoms with E-state index in [9.17, 15) is 10.1 Å². The first-order valence-corrected chi connectivity index (χ1v) is 7.13. The molecule has 0 aromatic rings. The van der Waals surface area contributed by atoms with Crippen LogP contribution in [0.5, 0.6) is 0 Å². The Labute approximate surface area is 114 Å². The molecule has 0 aromatic heterocycles. The molecule has 0 radical (unpaired) electrons. The van der Waals surface area contributed by atoms with Crippen LogP contribution in [0.15, 0.2) is 0 Å². The molecule has 0 aromatic carbocycles. The van der Waals surface area contributed by atoms with Gasteiger partial charge < -0.3 is 10.1 Å². The molecule has 0 unspecified atom stereocenters. The number of amides is 1. The minimum atomic E-state index is -0.611. The Kier molecular flexibility index (Phi) is 4.43. The lowest BCUT2D eigenvalue weighted by atomic mass is 10.00. The van der Waals surface area contributed by atoms with Crippen molar-refractivity contribution in [3.05, 3.63) is 0 Å². The van der Waals surface area contributed by atoms with Crippen LogP contribution in [0.4, 0.5) is 0 Å². The number of carbonyl (C=O) groups excluding carboxylic acids is 1. The lowest BCUT2D eigenvalue weighted by Crippen LogP contribution is -2.53. The van der Waals surface area contributed by atoms with E-state index in [1.807, 2.05) is 13.8 Å². The van der Waals surface area contributed by atoms with Crippen LogP contribution in [-0.4, -0.2) is 48.2 Å². The summed E-state index contributed by atoms with van der Waals surface area (Å²) in [5.41, 5.74) is -0.611. The molecule has 106 valence electrons. The van der Waals surface area contributed by atoms with Crippen LogP contribution >= 0.6 is 0 Å². The molecule has 1 saturated heterocycles. The third-order valence-corrected chi connectivity index (χ3v) is 3.91. The van der Waals surface area contributed by atoms with E-state index < -0.39 is 5.54 Å². The van der Waals surface area contributed by atoms with E-state index in [2.05, 4.69) is 16.3 Å². The van der Waals surface area contributed by atoms with E-state index in [4.69, 9.17) is 4.74 Å². The Bertz CT molecular complexity index is 361. The van der Waals surface area contributed by atoms with Crippen LogP contribution in [0, 0.1) is 11.3 Å². The number of rotatable bonds is 3. The molecule has 1 aliphatic carbocycles. The zero-order chi connectivity index (χ0) is 13.9. The van der Waals surface area contributed by atoms with E-state index in [1.165, 1.54) is 0 Å². The molecule has 1 aliphatic heterocycles. The summed E-state index contributed by atoms with van der Waals surface area (Å²) in [6.45, 7) is 5.96. The van der Waals surface area contributed by atoms with Gasteiger partial charge in [0.15, 0.2) is 0 Å². The number of hydrogen-bond donors (Lipinski definition) is 1. The summed E-state index contributed by atoms with van der Waals surface area (Å²) in [5, 5.41) is 12.2. The first-order chi connectivity index (χ1) is 9.03. The predicted octanol–water partition coefficient (Wildman–Crippen LogP) is 1.05. The minimum Gasteiger partial charge on any atom is -0.373 e. The van der Waals surface area contributed by atoms with Gasteiger partial charge in [0.1, 0.15) is 5.54 Å². The molecular weight excluding hydrogens is 242 g/mol. The van der Waals surface area contributed by atoms with Crippen molar-refractivity contribution in [2.75, 3.05) is 19.6 Å². The molecule has 19 heavy (non-hydrogen) atoms. The first-order valence-electron chi connectivity index (χ1n) is 7.13. The van der Waals surface area contributed by atoms with Gasteiger partial charge in [0.2, 0.25) is 5.91 Å². The Balaban J connectivity index is 1.85. The second-order valence-electron chi connectivity index (χ2n) is 5.90. The van der Waals surface area contributed by atoms with E-state index in [1.54, 1.807) is 0 Å². The monoisotopic (exact) mass is 265 g/mol. The van der Waals surface area contributed by atoms with Gasteiger partial charge in [0, 0.05) is 13.1 Å². The summed E-state index contributed by atoms with van der Waals surface area (Å²) < 4.78 is 5.65. The van der Waals surface area contributed by atoms with Crippen molar-refractivity contribution in [3.8, 4) is 6.07 Å². The van der Waals surface area contributed by atoms with Crippen molar-refractivity contribution < 1.29 is 9.53 Å². The fraction of sp³-hybridized carbons (Fsp3) is 0.857. The van der Waals surface area contributed by atoms with E-state index >= 15 is 0 Å². The predicted molar refractivity (Wildman–Crippen MR) is 71.4 cm³/mol. The third kappa shape index (κ3) is 3.68. The Morgan fingerprint density at radius 3 is 2.47 bits per heavy atom. The number of ether oxygens (including phenoxy) is 1. The van der Waals surface area contributed by atoms with Crippen molar-refractivity contribution in [2.45, 2.75) is 57.3 Å². The zero-order valence-electron chi connectivity index (χ0n) is 11.8. The molecule has 1 amide bonds. The van der Waals surface area contributed by atoms with Gasteiger partial charge in [0.05, 0.1) is 24.8 Å². The van der Waals surface area contributed by atoms with Crippen LogP contribution in [0.2, 0.25) is 0 Å². The molecule has 0 spiro atoms. The normalized spacial score (nSPS) is 30.8. The van der Waals surface area contributed by atoms with Crippen molar-refractivity contribution in [2.24, 2.45) is 0 Å². The van der Waals surface area contributed by atoms with Crippen LogP contribution in [0.1, 0.15) is 39.5 Å². The topological polar surface area (TPSA) is 65.4 Å². The highest BCUT2D eigenvalue weighted by Gasteiger charge is 2.36. The maximum atomic E-state index is 12.1. The smallest absolute Gasteiger partial charge is 0.235 e.